The van der Waals surface area contributed by atoms with E-state index in [1.54, 1.807) is 0 Å². The summed E-state index contributed by atoms with van der Waals surface area (Å²) in [6, 6.07) is 15.6. The predicted octanol–water partition coefficient (Wildman–Crippen LogP) is 3.85. The highest BCUT2D eigenvalue weighted by Gasteiger charge is 1.94. The van der Waals surface area contributed by atoms with Gasteiger partial charge in [0.1, 0.15) is 0 Å². The number of rotatable bonds is 4. The maximum atomic E-state index is 3.43. The van der Waals surface area contributed by atoms with Crippen molar-refractivity contribution < 1.29 is 0 Å². The third-order valence-electron chi connectivity index (χ3n) is 2.54. The van der Waals surface area contributed by atoms with E-state index in [4.69, 9.17) is 0 Å². The van der Waals surface area contributed by atoms with Gasteiger partial charge in [-0.3, -0.25) is 0 Å². The largest absolute Gasteiger partial charge is 0.385 e. The molecular weight excluding hydrogens is 182 g/mol. The summed E-state index contributed by atoms with van der Waals surface area (Å²) >= 11 is 0. The van der Waals surface area contributed by atoms with Crippen molar-refractivity contribution in [3.63, 3.8) is 0 Å². The van der Waals surface area contributed by atoms with E-state index in [2.05, 4.69) is 42.6 Å². The minimum atomic E-state index is 1.06. The molecule has 0 unspecified atom stereocenters. The fourth-order valence-electron chi connectivity index (χ4n) is 1.65. The highest BCUT2D eigenvalue weighted by molar-refractivity contribution is 5.85. The third-order valence-corrected chi connectivity index (χ3v) is 2.54. The number of hydrogen-bond donors (Lipinski definition) is 1. The number of nitrogens with one attached hydrogen (secondary N) is 1. The topological polar surface area (TPSA) is 12.0 Å². The summed E-state index contributed by atoms with van der Waals surface area (Å²) in [5.74, 6) is 0. The van der Waals surface area contributed by atoms with Crippen LogP contribution in [-0.2, 0) is 0 Å². The zero-order valence-electron chi connectivity index (χ0n) is 9.09. The van der Waals surface area contributed by atoms with Crippen molar-refractivity contribution in [3.8, 4) is 0 Å². The van der Waals surface area contributed by atoms with Gasteiger partial charge in [0.2, 0.25) is 0 Å². The molecule has 1 radical (unpaired) electrons. The van der Waals surface area contributed by atoms with Crippen LogP contribution in [-0.4, -0.2) is 6.54 Å². The van der Waals surface area contributed by atoms with Crippen LogP contribution < -0.4 is 5.32 Å². The Morgan fingerprint density at radius 3 is 3.00 bits per heavy atom. The molecule has 0 saturated heterocycles. The molecule has 1 nitrogen and oxygen atoms in total. The van der Waals surface area contributed by atoms with E-state index in [-0.39, 0.29) is 0 Å². The van der Waals surface area contributed by atoms with Gasteiger partial charge in [-0.2, -0.15) is 0 Å². The van der Waals surface area contributed by atoms with Gasteiger partial charge >= 0.3 is 0 Å². The standard InChI is InChI=1S/C14H16N/c1-2-3-10-15-14-9-8-12-6-4-5-7-13(12)11-14/h5-9,11,15H,2-3,10H2,1H3. The van der Waals surface area contributed by atoms with Crippen molar-refractivity contribution >= 4 is 16.5 Å². The Kier molecular flexibility index (Phi) is 3.23. The average molecular weight is 198 g/mol. The quantitative estimate of drug-likeness (QED) is 0.736. The number of benzene rings is 2. The van der Waals surface area contributed by atoms with Crippen LogP contribution >= 0.6 is 0 Å². The van der Waals surface area contributed by atoms with Gasteiger partial charge in [0.25, 0.3) is 0 Å². The van der Waals surface area contributed by atoms with Crippen LogP contribution in [0.25, 0.3) is 10.8 Å². The van der Waals surface area contributed by atoms with Crippen LogP contribution in [0.4, 0.5) is 5.69 Å². The lowest BCUT2D eigenvalue weighted by Gasteiger charge is -2.06. The fraction of sp³-hybridized carbons (Fsp3) is 0.286. The second-order valence-corrected chi connectivity index (χ2v) is 3.77. The average Bonchev–Trinajstić information content (AvgIpc) is 2.29. The minimum Gasteiger partial charge on any atom is -0.385 e. The van der Waals surface area contributed by atoms with Crippen molar-refractivity contribution in [1.82, 2.24) is 0 Å². The van der Waals surface area contributed by atoms with E-state index in [1.807, 2.05) is 12.1 Å². The van der Waals surface area contributed by atoms with Crippen molar-refractivity contribution in [2.75, 3.05) is 11.9 Å². The zero-order valence-corrected chi connectivity index (χ0v) is 9.09. The Morgan fingerprint density at radius 2 is 2.13 bits per heavy atom. The van der Waals surface area contributed by atoms with E-state index >= 15 is 0 Å². The summed E-state index contributed by atoms with van der Waals surface area (Å²) in [6.45, 7) is 3.26. The first-order valence-corrected chi connectivity index (χ1v) is 5.54. The van der Waals surface area contributed by atoms with Crippen molar-refractivity contribution in [3.05, 3.63) is 42.5 Å². The minimum absolute atomic E-state index is 1.06. The van der Waals surface area contributed by atoms with E-state index < -0.39 is 0 Å². The molecule has 0 spiro atoms. The van der Waals surface area contributed by atoms with Gasteiger partial charge in [-0.1, -0.05) is 31.5 Å². The summed E-state index contributed by atoms with van der Waals surface area (Å²) in [6.07, 6.45) is 2.45. The number of unbranched alkanes of at least 4 members (excludes halogenated alkanes) is 1. The maximum Gasteiger partial charge on any atom is 0.0346 e. The normalized spacial score (nSPS) is 10.5. The van der Waals surface area contributed by atoms with Crippen molar-refractivity contribution in [2.45, 2.75) is 19.8 Å². The molecule has 15 heavy (non-hydrogen) atoms. The summed E-state index contributed by atoms with van der Waals surface area (Å²) in [4.78, 5) is 0. The third kappa shape index (κ3) is 2.50. The van der Waals surface area contributed by atoms with Gasteiger partial charge in [-0.25, -0.2) is 0 Å². The van der Waals surface area contributed by atoms with E-state index in [9.17, 15) is 0 Å². The second kappa shape index (κ2) is 4.83. The van der Waals surface area contributed by atoms with Crippen LogP contribution in [0.3, 0.4) is 0 Å². The first kappa shape index (κ1) is 10.0. The van der Waals surface area contributed by atoms with Gasteiger partial charge in [-0.15, -0.1) is 0 Å². The highest BCUT2D eigenvalue weighted by atomic mass is 14.9. The summed E-state index contributed by atoms with van der Waals surface area (Å²) in [5, 5.41) is 5.95. The van der Waals surface area contributed by atoms with E-state index in [0.29, 0.717) is 0 Å². The lowest BCUT2D eigenvalue weighted by atomic mass is 10.1. The van der Waals surface area contributed by atoms with Crippen LogP contribution in [0.1, 0.15) is 19.8 Å². The Bertz CT molecular complexity index is 434. The summed E-state index contributed by atoms with van der Waals surface area (Å²) < 4.78 is 0. The van der Waals surface area contributed by atoms with Gasteiger partial charge in [-0.05, 0) is 41.5 Å². The van der Waals surface area contributed by atoms with Crippen molar-refractivity contribution in [1.29, 1.82) is 0 Å². The van der Waals surface area contributed by atoms with Crippen LogP contribution in [0.2, 0.25) is 0 Å². The molecule has 0 atom stereocenters. The van der Waals surface area contributed by atoms with E-state index in [0.717, 1.165) is 6.54 Å². The van der Waals surface area contributed by atoms with Crippen molar-refractivity contribution in [2.24, 2.45) is 0 Å². The van der Waals surface area contributed by atoms with Gasteiger partial charge in [0.05, 0.1) is 0 Å². The number of anilines is 1. The number of fused-ring (bicyclic) bond motifs is 1. The first-order valence-electron chi connectivity index (χ1n) is 5.54. The van der Waals surface area contributed by atoms with Gasteiger partial charge in [0.15, 0.2) is 0 Å². The summed E-state index contributed by atoms with van der Waals surface area (Å²) in [5.41, 5.74) is 1.21. The Hall–Kier alpha value is -1.50. The molecule has 1 N–H and O–H groups in total. The Morgan fingerprint density at radius 1 is 1.20 bits per heavy atom. The van der Waals surface area contributed by atoms with Crippen LogP contribution in [0.5, 0.6) is 0 Å². The Balaban J connectivity index is 2.16. The second-order valence-electron chi connectivity index (χ2n) is 3.77. The monoisotopic (exact) mass is 198 g/mol. The number of hydrogen-bond acceptors (Lipinski definition) is 1. The molecule has 2 rings (SSSR count). The molecule has 0 aliphatic rings. The SMILES string of the molecule is CCCCNc1ccc2c[c]ccc2c1. The molecular formula is C14H16N. The van der Waals surface area contributed by atoms with Gasteiger partial charge < -0.3 is 5.32 Å². The molecule has 0 amide bonds. The van der Waals surface area contributed by atoms with Crippen LogP contribution in [0.15, 0.2) is 36.4 Å². The smallest absolute Gasteiger partial charge is 0.0346 e. The van der Waals surface area contributed by atoms with Crippen LogP contribution in [0, 0.1) is 6.07 Å². The lowest BCUT2D eigenvalue weighted by Crippen LogP contribution is -2.00. The molecule has 0 bridgehead atoms. The molecule has 0 fully saturated rings. The zero-order chi connectivity index (χ0) is 10.5. The molecule has 0 heterocycles. The molecule has 0 aromatic heterocycles. The first-order chi connectivity index (χ1) is 7.40. The molecule has 77 valence electrons. The Labute approximate surface area is 91.1 Å². The van der Waals surface area contributed by atoms with Gasteiger partial charge in [0, 0.05) is 12.2 Å². The molecule has 2 aromatic carbocycles. The lowest BCUT2D eigenvalue weighted by molar-refractivity contribution is 0.834. The summed E-state index contributed by atoms with van der Waals surface area (Å²) in [7, 11) is 0. The molecule has 2 aromatic rings. The molecule has 0 aliphatic heterocycles. The van der Waals surface area contributed by atoms with E-state index in [1.165, 1.54) is 29.3 Å². The predicted molar refractivity (Wildman–Crippen MR) is 66.2 cm³/mol. The molecule has 1 heteroatoms. The maximum absolute atomic E-state index is 3.43. The molecule has 0 aliphatic carbocycles. The molecule has 0 saturated carbocycles. The highest BCUT2D eigenvalue weighted by Crippen LogP contribution is 2.18. The fourth-order valence-corrected chi connectivity index (χ4v) is 1.65.